The third-order valence-electron chi connectivity index (χ3n) is 2.20. The largest absolute Gasteiger partial charge is 0.469 e. The maximum Gasteiger partial charge on any atom is 0.308 e. The van der Waals surface area contributed by atoms with Gasteiger partial charge in [-0.1, -0.05) is 0 Å². The van der Waals surface area contributed by atoms with Gasteiger partial charge in [-0.15, -0.1) is 0 Å². The Morgan fingerprint density at radius 3 is 3.06 bits per heavy atom. The lowest BCUT2D eigenvalue weighted by atomic mass is 10.3. The number of carbonyl (C=O) groups is 1. The highest BCUT2D eigenvalue weighted by Crippen LogP contribution is 2.30. The van der Waals surface area contributed by atoms with Crippen LogP contribution in [-0.2, 0) is 19.0 Å². The zero-order valence-corrected chi connectivity index (χ0v) is 9.40. The lowest BCUT2D eigenvalue weighted by Gasteiger charge is -2.08. The van der Waals surface area contributed by atoms with E-state index in [0.29, 0.717) is 12.4 Å². The van der Waals surface area contributed by atoms with Crippen molar-refractivity contribution in [3.8, 4) is 0 Å². The zero-order valence-electron chi connectivity index (χ0n) is 8.64. The van der Waals surface area contributed by atoms with Crippen LogP contribution in [0.2, 0.25) is 5.22 Å². The molecular formula is C10H11ClO5. The van der Waals surface area contributed by atoms with Gasteiger partial charge in [-0.3, -0.25) is 4.79 Å². The normalized spacial score (nSPS) is 24.6. The first-order chi connectivity index (χ1) is 7.69. The molecule has 1 saturated heterocycles. The van der Waals surface area contributed by atoms with E-state index in [1.165, 1.54) is 7.11 Å². The second-order valence-electron chi connectivity index (χ2n) is 3.35. The third-order valence-corrected chi connectivity index (χ3v) is 2.40. The number of ether oxygens (including phenoxy) is 3. The standard InChI is InChI=1S/C10H11ClO5/c1-13-9(12)4-6-5-14-10(15-6)7-2-3-8(11)16-7/h2-3,6,10H,4-5H2,1H3. The fraction of sp³-hybridized carbons (Fsp3) is 0.500. The molecule has 1 aromatic heterocycles. The Balaban J connectivity index is 1.90. The molecule has 0 bridgehead atoms. The van der Waals surface area contributed by atoms with Crippen LogP contribution in [0, 0.1) is 0 Å². The van der Waals surface area contributed by atoms with Gasteiger partial charge in [0.05, 0.1) is 26.2 Å². The van der Waals surface area contributed by atoms with E-state index < -0.39 is 6.29 Å². The number of carbonyl (C=O) groups excluding carboxylic acids is 1. The Morgan fingerprint density at radius 2 is 2.44 bits per heavy atom. The molecule has 1 fully saturated rings. The van der Waals surface area contributed by atoms with Crippen LogP contribution < -0.4 is 0 Å². The van der Waals surface area contributed by atoms with Gasteiger partial charge in [-0.2, -0.15) is 0 Å². The van der Waals surface area contributed by atoms with E-state index in [1.807, 2.05) is 0 Å². The molecule has 1 aliphatic rings. The molecule has 2 heterocycles. The van der Waals surface area contributed by atoms with Gasteiger partial charge in [0.25, 0.3) is 0 Å². The van der Waals surface area contributed by atoms with Gasteiger partial charge in [0, 0.05) is 0 Å². The minimum absolute atomic E-state index is 0.168. The number of rotatable bonds is 3. The highest BCUT2D eigenvalue weighted by atomic mass is 35.5. The van der Waals surface area contributed by atoms with E-state index in [-0.39, 0.29) is 23.7 Å². The molecule has 0 spiro atoms. The lowest BCUT2D eigenvalue weighted by Crippen LogP contribution is -2.16. The topological polar surface area (TPSA) is 57.9 Å². The summed E-state index contributed by atoms with van der Waals surface area (Å²) in [7, 11) is 1.34. The summed E-state index contributed by atoms with van der Waals surface area (Å²) in [6.45, 7) is 0.331. The number of methoxy groups -OCH3 is 1. The third kappa shape index (κ3) is 2.55. The molecule has 0 amide bonds. The summed E-state index contributed by atoms with van der Waals surface area (Å²) in [5.41, 5.74) is 0. The molecule has 0 aliphatic carbocycles. The van der Waals surface area contributed by atoms with Crippen molar-refractivity contribution in [2.45, 2.75) is 18.8 Å². The molecule has 2 rings (SSSR count). The van der Waals surface area contributed by atoms with Gasteiger partial charge in [0.2, 0.25) is 6.29 Å². The second-order valence-corrected chi connectivity index (χ2v) is 3.72. The Kier molecular flexibility index (Phi) is 3.48. The molecular weight excluding hydrogens is 236 g/mol. The molecule has 0 aromatic carbocycles. The Labute approximate surface area is 97.2 Å². The Morgan fingerprint density at radius 1 is 1.62 bits per heavy atom. The fourth-order valence-electron chi connectivity index (χ4n) is 1.43. The smallest absolute Gasteiger partial charge is 0.308 e. The van der Waals surface area contributed by atoms with E-state index >= 15 is 0 Å². The highest BCUT2D eigenvalue weighted by Gasteiger charge is 2.31. The molecule has 5 nitrogen and oxygen atoms in total. The van der Waals surface area contributed by atoms with Crippen molar-refractivity contribution >= 4 is 17.6 Å². The number of halogens is 1. The van der Waals surface area contributed by atoms with E-state index in [9.17, 15) is 4.79 Å². The van der Waals surface area contributed by atoms with Crippen molar-refractivity contribution in [2.75, 3.05) is 13.7 Å². The van der Waals surface area contributed by atoms with Crippen molar-refractivity contribution in [2.24, 2.45) is 0 Å². The van der Waals surface area contributed by atoms with Gasteiger partial charge >= 0.3 is 5.97 Å². The van der Waals surface area contributed by atoms with Crippen molar-refractivity contribution in [1.82, 2.24) is 0 Å². The van der Waals surface area contributed by atoms with Crippen LogP contribution in [0.15, 0.2) is 16.5 Å². The average molecular weight is 247 g/mol. The Bertz CT molecular complexity index is 375. The van der Waals surface area contributed by atoms with Crippen LogP contribution in [0.25, 0.3) is 0 Å². The summed E-state index contributed by atoms with van der Waals surface area (Å²) in [4.78, 5) is 11.0. The molecule has 6 heteroatoms. The second kappa shape index (κ2) is 4.86. The summed E-state index contributed by atoms with van der Waals surface area (Å²) in [6, 6.07) is 3.28. The molecule has 0 radical (unpaired) electrons. The minimum atomic E-state index is -0.595. The van der Waals surface area contributed by atoms with Crippen LogP contribution in [0.3, 0.4) is 0 Å². The summed E-state index contributed by atoms with van der Waals surface area (Å²) >= 11 is 5.63. The van der Waals surface area contributed by atoms with Crippen LogP contribution in [0.1, 0.15) is 18.5 Å². The summed E-state index contributed by atoms with van der Waals surface area (Å²) in [6.07, 6.45) is -0.731. The van der Waals surface area contributed by atoms with Gasteiger partial charge in [-0.05, 0) is 23.7 Å². The van der Waals surface area contributed by atoms with E-state index in [0.717, 1.165) is 0 Å². The summed E-state index contributed by atoms with van der Waals surface area (Å²) in [5, 5.41) is 0.276. The summed E-state index contributed by atoms with van der Waals surface area (Å²) < 4.78 is 20.5. The minimum Gasteiger partial charge on any atom is -0.469 e. The van der Waals surface area contributed by atoms with Gasteiger partial charge in [0.15, 0.2) is 11.0 Å². The molecule has 0 N–H and O–H groups in total. The Hall–Kier alpha value is -1.04. The predicted octanol–water partition coefficient (Wildman–Crippen LogP) is 1.91. The number of hydrogen-bond donors (Lipinski definition) is 0. The van der Waals surface area contributed by atoms with Crippen molar-refractivity contribution in [3.05, 3.63) is 23.1 Å². The first-order valence-corrected chi connectivity index (χ1v) is 5.16. The van der Waals surface area contributed by atoms with Gasteiger partial charge in [-0.25, -0.2) is 0 Å². The monoisotopic (exact) mass is 246 g/mol. The number of hydrogen-bond acceptors (Lipinski definition) is 5. The van der Waals surface area contributed by atoms with E-state index in [1.54, 1.807) is 12.1 Å². The molecule has 0 saturated carbocycles. The van der Waals surface area contributed by atoms with E-state index in [2.05, 4.69) is 4.74 Å². The molecule has 88 valence electrons. The van der Waals surface area contributed by atoms with Crippen molar-refractivity contribution < 1.29 is 23.4 Å². The maximum atomic E-state index is 11.0. The first kappa shape index (κ1) is 11.4. The van der Waals surface area contributed by atoms with Crippen LogP contribution in [-0.4, -0.2) is 25.8 Å². The molecule has 1 aliphatic heterocycles. The first-order valence-electron chi connectivity index (χ1n) is 4.78. The maximum absolute atomic E-state index is 11.0. The number of esters is 1. The zero-order chi connectivity index (χ0) is 11.5. The fourth-order valence-corrected chi connectivity index (χ4v) is 1.58. The highest BCUT2D eigenvalue weighted by molar-refractivity contribution is 6.28. The predicted molar refractivity (Wildman–Crippen MR) is 53.9 cm³/mol. The van der Waals surface area contributed by atoms with Crippen LogP contribution in [0.4, 0.5) is 0 Å². The van der Waals surface area contributed by atoms with Gasteiger partial charge < -0.3 is 18.6 Å². The average Bonchev–Trinajstić information content (AvgIpc) is 2.87. The van der Waals surface area contributed by atoms with Gasteiger partial charge in [0.1, 0.15) is 0 Å². The molecule has 2 unspecified atom stereocenters. The quantitative estimate of drug-likeness (QED) is 0.763. The SMILES string of the molecule is COC(=O)CC1COC(c2ccc(Cl)o2)O1. The van der Waals surface area contributed by atoms with Crippen molar-refractivity contribution in [3.63, 3.8) is 0 Å². The van der Waals surface area contributed by atoms with Crippen molar-refractivity contribution in [1.29, 1.82) is 0 Å². The van der Waals surface area contributed by atoms with Crippen LogP contribution >= 0.6 is 11.6 Å². The van der Waals surface area contributed by atoms with E-state index in [4.69, 9.17) is 25.5 Å². The lowest BCUT2D eigenvalue weighted by molar-refractivity contribution is -0.144. The van der Waals surface area contributed by atoms with Crippen LogP contribution in [0.5, 0.6) is 0 Å². The molecule has 2 atom stereocenters. The number of furan rings is 1. The molecule has 1 aromatic rings. The summed E-state index contributed by atoms with van der Waals surface area (Å²) in [5.74, 6) is 0.170. The molecule has 16 heavy (non-hydrogen) atoms.